The van der Waals surface area contributed by atoms with Gasteiger partial charge in [0.1, 0.15) is 29.1 Å². The van der Waals surface area contributed by atoms with Crippen molar-refractivity contribution >= 4 is 17.5 Å². The Labute approximate surface area is 233 Å². The van der Waals surface area contributed by atoms with Gasteiger partial charge in [0.05, 0.1) is 19.9 Å². The summed E-state index contributed by atoms with van der Waals surface area (Å²) in [5, 5.41) is 3.19. The Balaban J connectivity index is 1.41. The van der Waals surface area contributed by atoms with E-state index in [1.54, 1.807) is 16.7 Å². The number of carbonyl (C=O) groups excluding carboxylic acids is 1. The summed E-state index contributed by atoms with van der Waals surface area (Å²) in [5.74, 6) is 0.684. The second kappa shape index (κ2) is 10.1. The van der Waals surface area contributed by atoms with E-state index in [1.165, 1.54) is 26.7 Å². The molecule has 1 aliphatic heterocycles. The largest absolute Gasteiger partial charge is 0.480 e. The van der Waals surface area contributed by atoms with Crippen LogP contribution < -0.4 is 10.1 Å². The van der Waals surface area contributed by atoms with Gasteiger partial charge in [0, 0.05) is 35.6 Å². The molecule has 0 radical (unpaired) electrons. The highest BCUT2D eigenvalue weighted by molar-refractivity contribution is 5.95. The lowest BCUT2D eigenvalue weighted by atomic mass is 10.0. The topological polar surface area (TPSA) is 117 Å². The SMILES string of the molecule is COC(=O)c1cnc(-c2c(OC)ncnc2C2CC2)nc1Nc1ccc2c(c1)CCC(C)n1cc(C(F)(F)F)nc1-2. The third-order valence-electron chi connectivity index (χ3n) is 7.35. The van der Waals surface area contributed by atoms with Gasteiger partial charge in [-0.05, 0) is 56.4 Å². The van der Waals surface area contributed by atoms with Crippen molar-refractivity contribution in [1.29, 1.82) is 0 Å². The zero-order chi connectivity index (χ0) is 28.9. The molecule has 1 aliphatic carbocycles. The number of aryl methyl sites for hydroxylation is 1. The smallest absolute Gasteiger partial charge is 0.434 e. The Bertz CT molecular complexity index is 1650. The molecule has 4 aromatic rings. The predicted molar refractivity (Wildman–Crippen MR) is 142 cm³/mol. The Morgan fingerprint density at radius 1 is 1.10 bits per heavy atom. The first-order valence-corrected chi connectivity index (χ1v) is 13.1. The highest BCUT2D eigenvalue weighted by Gasteiger charge is 2.36. The van der Waals surface area contributed by atoms with E-state index < -0.39 is 17.8 Å². The Morgan fingerprint density at radius 2 is 1.90 bits per heavy atom. The molecule has 3 aromatic heterocycles. The second-order valence-corrected chi connectivity index (χ2v) is 10.1. The zero-order valence-electron chi connectivity index (χ0n) is 22.5. The number of methoxy groups -OCH3 is 2. The van der Waals surface area contributed by atoms with Crippen LogP contribution in [0.1, 0.15) is 65.5 Å². The van der Waals surface area contributed by atoms with E-state index >= 15 is 0 Å². The molecule has 0 bridgehead atoms. The van der Waals surface area contributed by atoms with Crippen LogP contribution in [0.25, 0.3) is 22.8 Å². The Kier molecular flexibility index (Phi) is 6.59. The number of imidazole rings is 1. The molecule has 1 atom stereocenters. The minimum atomic E-state index is -4.54. The highest BCUT2D eigenvalue weighted by Crippen LogP contribution is 2.45. The number of rotatable bonds is 6. The molecule has 6 rings (SSSR count). The number of hydrogen-bond donors (Lipinski definition) is 1. The maximum atomic E-state index is 13.4. The summed E-state index contributed by atoms with van der Waals surface area (Å²) >= 11 is 0. The zero-order valence-corrected chi connectivity index (χ0v) is 22.5. The Hall–Kier alpha value is -4.55. The predicted octanol–water partition coefficient (Wildman–Crippen LogP) is 5.74. The van der Waals surface area contributed by atoms with E-state index in [0.717, 1.165) is 30.3 Å². The molecule has 1 unspecified atom stereocenters. The molecule has 0 saturated heterocycles. The molecule has 41 heavy (non-hydrogen) atoms. The van der Waals surface area contributed by atoms with Gasteiger partial charge in [-0.2, -0.15) is 13.2 Å². The fourth-order valence-electron chi connectivity index (χ4n) is 5.07. The number of fused-ring (bicyclic) bond motifs is 3. The number of benzene rings is 1. The highest BCUT2D eigenvalue weighted by atomic mass is 19.4. The lowest BCUT2D eigenvalue weighted by Gasteiger charge is -2.15. The molecule has 0 amide bonds. The van der Waals surface area contributed by atoms with E-state index in [0.29, 0.717) is 35.5 Å². The maximum absolute atomic E-state index is 13.4. The molecular formula is C28H26F3N7O3. The average Bonchev–Trinajstić information content (AvgIpc) is 3.73. The fourth-order valence-corrected chi connectivity index (χ4v) is 5.07. The first-order chi connectivity index (χ1) is 19.7. The minimum absolute atomic E-state index is 0.106. The summed E-state index contributed by atoms with van der Waals surface area (Å²) in [5.41, 5.74) is 2.54. The molecule has 1 aromatic carbocycles. The molecule has 13 heteroatoms. The molecule has 1 fully saturated rings. The number of ether oxygens (including phenoxy) is 2. The van der Waals surface area contributed by atoms with Crippen LogP contribution in [0.15, 0.2) is 36.9 Å². The van der Waals surface area contributed by atoms with E-state index in [2.05, 4.69) is 30.2 Å². The van der Waals surface area contributed by atoms with E-state index in [-0.39, 0.29) is 35.0 Å². The van der Waals surface area contributed by atoms with Crippen molar-refractivity contribution in [1.82, 2.24) is 29.5 Å². The molecular weight excluding hydrogens is 539 g/mol. The summed E-state index contributed by atoms with van der Waals surface area (Å²) in [4.78, 5) is 34.3. The summed E-state index contributed by atoms with van der Waals surface area (Å²) < 4.78 is 52.4. The maximum Gasteiger partial charge on any atom is 0.434 e. The number of hydrogen-bond acceptors (Lipinski definition) is 9. The van der Waals surface area contributed by atoms with Gasteiger partial charge in [0.15, 0.2) is 11.5 Å². The van der Waals surface area contributed by atoms with E-state index in [9.17, 15) is 18.0 Å². The molecule has 10 nitrogen and oxygen atoms in total. The van der Waals surface area contributed by atoms with Crippen molar-refractivity contribution in [2.75, 3.05) is 19.5 Å². The van der Waals surface area contributed by atoms with Crippen LogP contribution >= 0.6 is 0 Å². The van der Waals surface area contributed by atoms with Crippen molar-refractivity contribution in [3.05, 3.63) is 59.4 Å². The van der Waals surface area contributed by atoms with Gasteiger partial charge in [-0.1, -0.05) is 0 Å². The third-order valence-corrected chi connectivity index (χ3v) is 7.35. The van der Waals surface area contributed by atoms with Crippen LogP contribution in [-0.4, -0.2) is 49.7 Å². The van der Waals surface area contributed by atoms with Gasteiger partial charge in [-0.25, -0.2) is 29.7 Å². The van der Waals surface area contributed by atoms with Crippen LogP contribution in [-0.2, 0) is 17.3 Å². The summed E-state index contributed by atoms with van der Waals surface area (Å²) in [6.45, 7) is 1.87. The number of nitrogens with one attached hydrogen (secondary N) is 1. The average molecular weight is 566 g/mol. The standard InChI is InChI=1S/C28H26F3N7O3/c1-14-4-5-16-10-17(8-9-18(16)25-36-20(12-38(14)25)28(29,30)31)35-23-19(27(39)41-3)11-32-24(37-23)21-22(15-6-7-15)33-13-34-26(21)40-2/h8-15H,4-7H2,1-3H3,(H,32,35,37). The van der Waals surface area contributed by atoms with Crippen LogP contribution in [0.2, 0.25) is 0 Å². The van der Waals surface area contributed by atoms with E-state index in [4.69, 9.17) is 9.47 Å². The van der Waals surface area contributed by atoms with Crippen molar-refractivity contribution in [3.63, 3.8) is 0 Å². The van der Waals surface area contributed by atoms with E-state index in [1.807, 2.05) is 13.0 Å². The number of esters is 1. The van der Waals surface area contributed by atoms with Crippen LogP contribution in [0.3, 0.4) is 0 Å². The molecule has 212 valence electrons. The number of nitrogens with zero attached hydrogens (tertiary/aromatic N) is 6. The van der Waals surface area contributed by atoms with Crippen LogP contribution in [0.5, 0.6) is 5.88 Å². The second-order valence-electron chi connectivity index (χ2n) is 10.1. The van der Waals surface area contributed by atoms with Crippen molar-refractivity contribution in [2.45, 2.75) is 50.7 Å². The number of halogens is 3. The summed E-state index contributed by atoms with van der Waals surface area (Å²) in [6, 6.07) is 5.11. The van der Waals surface area contributed by atoms with Crippen molar-refractivity contribution in [3.8, 4) is 28.7 Å². The van der Waals surface area contributed by atoms with Gasteiger partial charge >= 0.3 is 12.1 Å². The van der Waals surface area contributed by atoms with Gasteiger partial charge in [-0.15, -0.1) is 0 Å². The molecule has 2 aliphatic rings. The number of carbonyl (C=O) groups is 1. The van der Waals surface area contributed by atoms with Crippen LogP contribution in [0.4, 0.5) is 24.7 Å². The fraction of sp³-hybridized carbons (Fsp3) is 0.357. The summed E-state index contributed by atoms with van der Waals surface area (Å²) in [6.07, 6.45) is 2.56. The van der Waals surface area contributed by atoms with Crippen LogP contribution in [0, 0.1) is 0 Å². The lowest BCUT2D eigenvalue weighted by molar-refractivity contribution is -0.140. The molecule has 4 heterocycles. The molecule has 1 N–H and O–H groups in total. The van der Waals surface area contributed by atoms with Gasteiger partial charge in [-0.3, -0.25) is 0 Å². The molecule has 0 spiro atoms. The normalized spacial score (nSPS) is 16.4. The minimum Gasteiger partial charge on any atom is -0.480 e. The van der Waals surface area contributed by atoms with Gasteiger partial charge < -0.3 is 19.4 Å². The molecule has 1 saturated carbocycles. The number of alkyl halides is 3. The lowest BCUT2D eigenvalue weighted by Crippen LogP contribution is -2.11. The quantitative estimate of drug-likeness (QED) is 0.292. The van der Waals surface area contributed by atoms with Gasteiger partial charge in [0.25, 0.3) is 0 Å². The van der Waals surface area contributed by atoms with Crippen molar-refractivity contribution < 1.29 is 27.4 Å². The first-order valence-electron chi connectivity index (χ1n) is 13.1. The van der Waals surface area contributed by atoms with Gasteiger partial charge in [0.2, 0.25) is 5.88 Å². The Morgan fingerprint density at radius 3 is 2.61 bits per heavy atom. The monoisotopic (exact) mass is 565 g/mol. The number of anilines is 2. The first kappa shape index (κ1) is 26.7. The number of aromatic nitrogens is 6. The summed E-state index contributed by atoms with van der Waals surface area (Å²) in [7, 11) is 2.77. The third kappa shape index (κ3) is 4.96. The van der Waals surface area contributed by atoms with Crippen molar-refractivity contribution in [2.24, 2.45) is 0 Å².